The van der Waals surface area contributed by atoms with Gasteiger partial charge in [-0.15, -0.1) is 0 Å². The lowest BCUT2D eigenvalue weighted by molar-refractivity contribution is -0.128. The average molecular weight is 279 g/mol. The van der Waals surface area contributed by atoms with E-state index in [1.807, 2.05) is 19.1 Å². The number of hydrogen-bond acceptors (Lipinski definition) is 5. The zero-order valence-electron chi connectivity index (χ0n) is 12.4. The standard InChI is InChI=1S/C12H19N3.C3H6O2/c1-9-7-8-11(12(13)14-9)15-10-5-3-2-4-6-10;1-2-5-3-4/h7-8,10,15H,2-6H2,1H3,(H2,13,14);3H,2H2,1H3. The fraction of sp³-hybridized carbons (Fsp3) is 0.600. The Kier molecular flexibility index (Phi) is 7.47. The predicted molar refractivity (Wildman–Crippen MR) is 81.6 cm³/mol. The lowest BCUT2D eigenvalue weighted by Crippen LogP contribution is -2.23. The normalized spacial score (nSPS) is 14.9. The Morgan fingerprint density at radius 3 is 2.60 bits per heavy atom. The quantitative estimate of drug-likeness (QED) is 0.829. The number of carbonyl (C=O) groups is 1. The molecule has 0 aliphatic heterocycles. The summed E-state index contributed by atoms with van der Waals surface area (Å²) in [6.07, 6.45) is 6.55. The fourth-order valence-electron chi connectivity index (χ4n) is 2.23. The van der Waals surface area contributed by atoms with Gasteiger partial charge in [0.2, 0.25) is 0 Å². The molecule has 0 aromatic carbocycles. The van der Waals surface area contributed by atoms with Crippen LogP contribution < -0.4 is 11.1 Å². The summed E-state index contributed by atoms with van der Waals surface area (Å²) in [5.41, 5.74) is 7.83. The first-order chi connectivity index (χ1) is 9.67. The number of rotatable bonds is 4. The van der Waals surface area contributed by atoms with Crippen LogP contribution in [-0.4, -0.2) is 24.1 Å². The molecule has 1 aliphatic rings. The lowest BCUT2D eigenvalue weighted by atomic mass is 9.95. The van der Waals surface area contributed by atoms with Crippen molar-refractivity contribution in [3.8, 4) is 0 Å². The number of nitrogens with zero attached hydrogens (tertiary/aromatic N) is 1. The highest BCUT2D eigenvalue weighted by atomic mass is 16.5. The second-order valence-electron chi connectivity index (χ2n) is 4.92. The maximum absolute atomic E-state index is 9.18. The van der Waals surface area contributed by atoms with Crippen molar-refractivity contribution in [1.29, 1.82) is 0 Å². The van der Waals surface area contributed by atoms with Crippen LogP contribution in [0.4, 0.5) is 11.5 Å². The topological polar surface area (TPSA) is 77.2 Å². The summed E-state index contributed by atoms with van der Waals surface area (Å²) < 4.78 is 4.15. The van der Waals surface area contributed by atoms with E-state index in [0.717, 1.165) is 11.4 Å². The van der Waals surface area contributed by atoms with E-state index >= 15 is 0 Å². The molecule has 0 unspecified atom stereocenters. The fourth-order valence-corrected chi connectivity index (χ4v) is 2.23. The summed E-state index contributed by atoms with van der Waals surface area (Å²) in [7, 11) is 0. The Bertz CT molecular complexity index is 404. The van der Waals surface area contributed by atoms with Crippen LogP contribution in [0.5, 0.6) is 0 Å². The predicted octanol–water partition coefficient (Wildman–Crippen LogP) is 2.90. The van der Waals surface area contributed by atoms with Gasteiger partial charge in [-0.25, -0.2) is 4.98 Å². The molecular formula is C15H25N3O2. The minimum Gasteiger partial charge on any atom is -0.468 e. The maximum Gasteiger partial charge on any atom is 0.293 e. The zero-order valence-corrected chi connectivity index (χ0v) is 12.4. The molecule has 1 heterocycles. The van der Waals surface area contributed by atoms with Gasteiger partial charge < -0.3 is 15.8 Å². The number of hydrogen-bond donors (Lipinski definition) is 2. The molecule has 0 saturated heterocycles. The molecule has 5 nitrogen and oxygen atoms in total. The zero-order chi connectivity index (χ0) is 14.8. The minimum absolute atomic E-state index is 0.431. The molecule has 20 heavy (non-hydrogen) atoms. The van der Waals surface area contributed by atoms with Gasteiger partial charge in [-0.3, -0.25) is 4.79 Å². The van der Waals surface area contributed by atoms with Gasteiger partial charge in [0.1, 0.15) is 5.82 Å². The second-order valence-corrected chi connectivity index (χ2v) is 4.92. The van der Waals surface area contributed by atoms with E-state index in [1.54, 1.807) is 6.92 Å². The molecule has 1 aromatic heterocycles. The molecule has 0 spiro atoms. The van der Waals surface area contributed by atoms with Gasteiger partial charge >= 0.3 is 0 Å². The third kappa shape index (κ3) is 5.91. The highest BCUT2D eigenvalue weighted by Gasteiger charge is 2.14. The number of aryl methyl sites for hydroxylation is 1. The lowest BCUT2D eigenvalue weighted by Gasteiger charge is -2.24. The van der Waals surface area contributed by atoms with Gasteiger partial charge in [-0.2, -0.15) is 0 Å². The Hall–Kier alpha value is -1.78. The van der Waals surface area contributed by atoms with E-state index in [1.165, 1.54) is 32.1 Å². The van der Waals surface area contributed by atoms with Gasteiger partial charge in [0.15, 0.2) is 0 Å². The summed E-state index contributed by atoms with van der Waals surface area (Å²) >= 11 is 0. The summed E-state index contributed by atoms with van der Waals surface area (Å²) in [6, 6.07) is 4.62. The summed E-state index contributed by atoms with van der Waals surface area (Å²) in [6.45, 7) is 4.62. The molecule has 0 atom stereocenters. The number of nitrogens with one attached hydrogen (secondary N) is 1. The van der Waals surface area contributed by atoms with Gasteiger partial charge in [-0.1, -0.05) is 19.3 Å². The number of nitrogens with two attached hydrogens (primary N) is 1. The number of nitrogen functional groups attached to an aromatic ring is 1. The van der Waals surface area contributed by atoms with Crippen molar-refractivity contribution in [2.75, 3.05) is 17.7 Å². The van der Waals surface area contributed by atoms with Crippen molar-refractivity contribution in [3.63, 3.8) is 0 Å². The molecule has 112 valence electrons. The van der Waals surface area contributed by atoms with E-state index in [4.69, 9.17) is 5.73 Å². The van der Waals surface area contributed by atoms with E-state index in [9.17, 15) is 4.79 Å². The third-order valence-electron chi connectivity index (χ3n) is 3.26. The molecule has 1 fully saturated rings. The summed E-state index contributed by atoms with van der Waals surface area (Å²) in [5.74, 6) is 0.626. The summed E-state index contributed by atoms with van der Waals surface area (Å²) in [4.78, 5) is 13.4. The number of pyridine rings is 1. The largest absolute Gasteiger partial charge is 0.468 e. The molecule has 0 amide bonds. The van der Waals surface area contributed by atoms with E-state index < -0.39 is 0 Å². The van der Waals surface area contributed by atoms with Crippen LogP contribution in [0.25, 0.3) is 0 Å². The Morgan fingerprint density at radius 1 is 1.40 bits per heavy atom. The molecule has 0 bridgehead atoms. The minimum atomic E-state index is 0.431. The highest BCUT2D eigenvalue weighted by Crippen LogP contribution is 2.24. The number of anilines is 2. The second kappa shape index (κ2) is 9.18. The van der Waals surface area contributed by atoms with Crippen molar-refractivity contribution in [3.05, 3.63) is 17.8 Å². The van der Waals surface area contributed by atoms with E-state index in [2.05, 4.69) is 15.0 Å². The number of carbonyl (C=O) groups excluding carboxylic acids is 1. The van der Waals surface area contributed by atoms with Crippen molar-refractivity contribution in [2.45, 2.75) is 52.0 Å². The van der Waals surface area contributed by atoms with Crippen LogP contribution in [0, 0.1) is 6.92 Å². The molecule has 1 saturated carbocycles. The first kappa shape index (κ1) is 16.3. The van der Waals surface area contributed by atoms with Crippen LogP contribution in [0.2, 0.25) is 0 Å². The van der Waals surface area contributed by atoms with Crippen LogP contribution in [0.15, 0.2) is 12.1 Å². The van der Waals surface area contributed by atoms with Gasteiger partial charge in [-0.05, 0) is 38.8 Å². The SMILES string of the molecule is CCOC=O.Cc1ccc(NC2CCCCC2)c(N)n1. The Morgan fingerprint density at radius 2 is 2.10 bits per heavy atom. The van der Waals surface area contributed by atoms with Crippen LogP contribution in [0.3, 0.4) is 0 Å². The van der Waals surface area contributed by atoms with Crippen molar-refractivity contribution in [2.24, 2.45) is 0 Å². The van der Waals surface area contributed by atoms with E-state index in [-0.39, 0.29) is 0 Å². The molecule has 2 rings (SSSR count). The van der Waals surface area contributed by atoms with Crippen LogP contribution >= 0.6 is 0 Å². The molecular weight excluding hydrogens is 254 g/mol. The first-order valence-corrected chi connectivity index (χ1v) is 7.22. The Labute approximate surface area is 120 Å². The number of ether oxygens (including phenoxy) is 1. The Balaban J connectivity index is 0.000000347. The maximum atomic E-state index is 9.18. The average Bonchev–Trinajstić information content (AvgIpc) is 2.45. The van der Waals surface area contributed by atoms with Crippen LogP contribution in [0.1, 0.15) is 44.7 Å². The first-order valence-electron chi connectivity index (χ1n) is 7.22. The van der Waals surface area contributed by atoms with Gasteiger partial charge in [0.05, 0.1) is 12.3 Å². The van der Waals surface area contributed by atoms with Crippen molar-refractivity contribution in [1.82, 2.24) is 4.98 Å². The number of aromatic nitrogens is 1. The molecule has 1 aliphatic carbocycles. The molecule has 1 aromatic rings. The monoisotopic (exact) mass is 279 g/mol. The van der Waals surface area contributed by atoms with Gasteiger partial charge in [0.25, 0.3) is 6.47 Å². The highest BCUT2D eigenvalue weighted by molar-refractivity contribution is 5.62. The molecule has 5 heteroatoms. The van der Waals surface area contributed by atoms with Crippen molar-refractivity contribution >= 4 is 18.0 Å². The molecule has 3 N–H and O–H groups in total. The summed E-state index contributed by atoms with van der Waals surface area (Å²) in [5, 5.41) is 3.49. The third-order valence-corrected chi connectivity index (χ3v) is 3.26. The molecule has 0 radical (unpaired) electrons. The van der Waals surface area contributed by atoms with Crippen LogP contribution in [-0.2, 0) is 9.53 Å². The van der Waals surface area contributed by atoms with E-state index in [0.29, 0.717) is 24.9 Å². The smallest absolute Gasteiger partial charge is 0.293 e. The van der Waals surface area contributed by atoms with Gasteiger partial charge in [0, 0.05) is 11.7 Å². The van der Waals surface area contributed by atoms with Crippen molar-refractivity contribution < 1.29 is 9.53 Å².